The molecule has 1 saturated carbocycles. The Morgan fingerprint density at radius 2 is 1.70 bits per heavy atom. The fourth-order valence-electron chi connectivity index (χ4n) is 4.24. The molecule has 27 heavy (non-hydrogen) atoms. The van der Waals surface area contributed by atoms with Gasteiger partial charge in [-0.1, -0.05) is 43.2 Å². The summed E-state index contributed by atoms with van der Waals surface area (Å²) < 4.78 is 27.8. The van der Waals surface area contributed by atoms with Crippen molar-refractivity contribution >= 4 is 26.7 Å². The molecule has 0 aromatic heterocycles. The van der Waals surface area contributed by atoms with Crippen LogP contribution in [0.4, 0.5) is 0 Å². The number of nitrogens with zero attached hydrogens (tertiary/aromatic N) is 1. The Kier molecular flexibility index (Phi) is 5.19. The minimum atomic E-state index is -3.59. The molecule has 1 aliphatic heterocycles. The number of amides is 1. The number of piperidine rings is 1. The van der Waals surface area contributed by atoms with Crippen LogP contribution < -0.4 is 5.32 Å². The van der Waals surface area contributed by atoms with Crippen LogP contribution in [0.2, 0.25) is 0 Å². The Morgan fingerprint density at radius 1 is 0.963 bits per heavy atom. The fourth-order valence-corrected chi connectivity index (χ4v) is 5.80. The molecule has 0 unspecified atom stereocenters. The Bertz CT molecular complexity index is 935. The average molecular weight is 387 g/mol. The zero-order chi connectivity index (χ0) is 18.9. The molecule has 5 nitrogen and oxygen atoms in total. The summed E-state index contributed by atoms with van der Waals surface area (Å²) in [4.78, 5) is 12.9. The molecule has 1 N–H and O–H groups in total. The van der Waals surface area contributed by atoms with E-state index >= 15 is 0 Å². The molecule has 1 atom stereocenters. The van der Waals surface area contributed by atoms with Crippen LogP contribution in [0.25, 0.3) is 10.8 Å². The second-order valence-electron chi connectivity index (χ2n) is 7.70. The van der Waals surface area contributed by atoms with E-state index in [1.165, 1.54) is 4.31 Å². The van der Waals surface area contributed by atoms with Crippen molar-refractivity contribution in [1.29, 1.82) is 0 Å². The maximum absolute atomic E-state index is 13.1. The quantitative estimate of drug-likeness (QED) is 0.877. The molecular formula is C21H26N2O3S. The van der Waals surface area contributed by atoms with Gasteiger partial charge in [-0.05, 0) is 48.6 Å². The SMILES string of the molecule is O=C(NC1CCCC1)[C@H]1CCCN(S(=O)(=O)c2ccc3ccccc3c2)C1. The van der Waals surface area contributed by atoms with E-state index < -0.39 is 10.0 Å². The van der Waals surface area contributed by atoms with E-state index in [-0.39, 0.29) is 24.4 Å². The van der Waals surface area contributed by atoms with Gasteiger partial charge in [0.15, 0.2) is 0 Å². The fraction of sp³-hybridized carbons (Fsp3) is 0.476. The molecule has 0 bridgehead atoms. The minimum absolute atomic E-state index is 0.0142. The van der Waals surface area contributed by atoms with Crippen LogP contribution in [-0.4, -0.2) is 37.8 Å². The molecule has 1 aliphatic carbocycles. The first-order valence-electron chi connectivity index (χ1n) is 9.83. The van der Waals surface area contributed by atoms with Gasteiger partial charge in [0.2, 0.25) is 15.9 Å². The molecule has 1 saturated heterocycles. The van der Waals surface area contributed by atoms with Crippen molar-refractivity contribution in [2.75, 3.05) is 13.1 Å². The average Bonchev–Trinajstić information content (AvgIpc) is 3.20. The largest absolute Gasteiger partial charge is 0.353 e. The van der Waals surface area contributed by atoms with Crippen LogP contribution >= 0.6 is 0 Å². The number of carbonyl (C=O) groups excluding carboxylic acids is 1. The summed E-state index contributed by atoms with van der Waals surface area (Å²) in [6, 6.07) is 13.2. The highest BCUT2D eigenvalue weighted by atomic mass is 32.2. The van der Waals surface area contributed by atoms with Crippen LogP contribution in [0.15, 0.2) is 47.4 Å². The lowest BCUT2D eigenvalue weighted by Gasteiger charge is -2.32. The van der Waals surface area contributed by atoms with Gasteiger partial charge in [0.25, 0.3) is 0 Å². The second-order valence-corrected chi connectivity index (χ2v) is 9.64. The predicted octanol–water partition coefficient (Wildman–Crippen LogP) is 3.30. The summed E-state index contributed by atoms with van der Waals surface area (Å²) >= 11 is 0. The van der Waals surface area contributed by atoms with Gasteiger partial charge in [-0.3, -0.25) is 4.79 Å². The number of nitrogens with one attached hydrogen (secondary N) is 1. The number of fused-ring (bicyclic) bond motifs is 1. The van der Waals surface area contributed by atoms with Crippen molar-refractivity contribution < 1.29 is 13.2 Å². The summed E-state index contributed by atoms with van der Waals surface area (Å²) in [5, 5.41) is 5.05. The van der Waals surface area contributed by atoms with E-state index in [0.717, 1.165) is 49.3 Å². The molecule has 2 fully saturated rings. The van der Waals surface area contributed by atoms with Gasteiger partial charge in [0, 0.05) is 19.1 Å². The van der Waals surface area contributed by atoms with Gasteiger partial charge in [0.1, 0.15) is 0 Å². The van der Waals surface area contributed by atoms with Crippen molar-refractivity contribution in [3.05, 3.63) is 42.5 Å². The molecular weight excluding hydrogens is 360 g/mol. The Hall–Kier alpha value is -1.92. The van der Waals surface area contributed by atoms with Crippen LogP contribution in [0.1, 0.15) is 38.5 Å². The van der Waals surface area contributed by atoms with Crippen LogP contribution in [-0.2, 0) is 14.8 Å². The maximum atomic E-state index is 13.1. The van der Waals surface area contributed by atoms with E-state index in [1.54, 1.807) is 12.1 Å². The van der Waals surface area contributed by atoms with Crippen molar-refractivity contribution in [3.63, 3.8) is 0 Å². The highest BCUT2D eigenvalue weighted by molar-refractivity contribution is 7.89. The molecule has 2 aromatic rings. The lowest BCUT2D eigenvalue weighted by atomic mass is 9.98. The molecule has 0 spiro atoms. The van der Waals surface area contributed by atoms with Gasteiger partial charge in [-0.2, -0.15) is 4.31 Å². The third-order valence-corrected chi connectivity index (χ3v) is 7.68. The summed E-state index contributed by atoms with van der Waals surface area (Å²) in [6.07, 6.45) is 5.88. The zero-order valence-electron chi connectivity index (χ0n) is 15.4. The molecule has 144 valence electrons. The molecule has 4 rings (SSSR count). The maximum Gasteiger partial charge on any atom is 0.243 e. The van der Waals surface area contributed by atoms with Crippen LogP contribution in [0.5, 0.6) is 0 Å². The van der Waals surface area contributed by atoms with E-state index in [2.05, 4.69) is 5.32 Å². The minimum Gasteiger partial charge on any atom is -0.353 e. The Balaban J connectivity index is 1.51. The predicted molar refractivity (Wildman–Crippen MR) is 106 cm³/mol. The van der Waals surface area contributed by atoms with Crippen molar-refractivity contribution in [2.45, 2.75) is 49.5 Å². The van der Waals surface area contributed by atoms with Gasteiger partial charge in [-0.15, -0.1) is 0 Å². The van der Waals surface area contributed by atoms with E-state index in [1.807, 2.05) is 30.3 Å². The third-order valence-electron chi connectivity index (χ3n) is 5.82. The topological polar surface area (TPSA) is 66.5 Å². The number of rotatable bonds is 4. The standard InChI is InChI=1S/C21H26N2O3S/c24-21(22-19-9-3-4-10-19)18-8-5-13-23(15-18)27(25,26)20-12-11-16-6-1-2-7-17(16)14-20/h1-2,6-7,11-12,14,18-19H,3-5,8-10,13,15H2,(H,22,24)/t18-/m0/s1. The molecule has 6 heteroatoms. The van der Waals surface area contributed by atoms with E-state index in [0.29, 0.717) is 11.4 Å². The number of carbonyl (C=O) groups is 1. The first kappa shape index (κ1) is 18.4. The van der Waals surface area contributed by atoms with Crippen LogP contribution in [0, 0.1) is 5.92 Å². The number of hydrogen-bond acceptors (Lipinski definition) is 3. The van der Waals surface area contributed by atoms with E-state index in [4.69, 9.17) is 0 Å². The zero-order valence-corrected chi connectivity index (χ0v) is 16.2. The number of benzene rings is 2. The first-order chi connectivity index (χ1) is 13.0. The molecule has 2 aliphatic rings. The number of sulfonamides is 1. The number of hydrogen-bond donors (Lipinski definition) is 1. The van der Waals surface area contributed by atoms with Crippen molar-refractivity contribution in [3.8, 4) is 0 Å². The molecule has 1 heterocycles. The van der Waals surface area contributed by atoms with Gasteiger partial charge >= 0.3 is 0 Å². The summed E-state index contributed by atoms with van der Waals surface area (Å²) in [7, 11) is -3.59. The monoisotopic (exact) mass is 386 g/mol. The van der Waals surface area contributed by atoms with Crippen molar-refractivity contribution in [2.24, 2.45) is 5.92 Å². The normalized spacial score (nSPS) is 22.1. The highest BCUT2D eigenvalue weighted by Gasteiger charge is 2.34. The van der Waals surface area contributed by atoms with Gasteiger partial charge in [0.05, 0.1) is 10.8 Å². The Morgan fingerprint density at radius 3 is 2.48 bits per heavy atom. The second kappa shape index (κ2) is 7.60. The summed E-state index contributed by atoms with van der Waals surface area (Å²) in [5.41, 5.74) is 0. The summed E-state index contributed by atoms with van der Waals surface area (Å²) in [5.74, 6) is -0.241. The summed E-state index contributed by atoms with van der Waals surface area (Å²) in [6.45, 7) is 0.746. The van der Waals surface area contributed by atoms with Gasteiger partial charge in [-0.25, -0.2) is 8.42 Å². The Labute approximate surface area is 160 Å². The van der Waals surface area contributed by atoms with Crippen molar-refractivity contribution in [1.82, 2.24) is 9.62 Å². The lowest BCUT2D eigenvalue weighted by molar-refractivity contribution is -0.126. The lowest BCUT2D eigenvalue weighted by Crippen LogP contribution is -2.47. The van der Waals surface area contributed by atoms with Crippen LogP contribution in [0.3, 0.4) is 0 Å². The van der Waals surface area contributed by atoms with E-state index in [9.17, 15) is 13.2 Å². The highest BCUT2D eigenvalue weighted by Crippen LogP contribution is 2.27. The smallest absolute Gasteiger partial charge is 0.243 e. The molecule has 1 amide bonds. The molecule has 0 radical (unpaired) electrons. The first-order valence-corrected chi connectivity index (χ1v) is 11.3. The van der Waals surface area contributed by atoms with Gasteiger partial charge < -0.3 is 5.32 Å². The third kappa shape index (κ3) is 3.87. The molecule has 2 aromatic carbocycles.